The zero-order chi connectivity index (χ0) is 13.0. The molecular formula is C16H20ClNO. The first-order chi connectivity index (χ1) is 8.76. The van der Waals surface area contributed by atoms with Gasteiger partial charge in [-0.1, -0.05) is 30.3 Å². The van der Waals surface area contributed by atoms with Gasteiger partial charge in [0, 0.05) is 24.3 Å². The van der Waals surface area contributed by atoms with Gasteiger partial charge in [0.05, 0.1) is 0 Å². The highest BCUT2D eigenvalue weighted by Gasteiger charge is 2.08. The van der Waals surface area contributed by atoms with E-state index in [1.807, 2.05) is 36.4 Å². The summed E-state index contributed by atoms with van der Waals surface area (Å²) in [6, 6.07) is 15.8. The molecule has 1 N–H and O–H groups in total. The van der Waals surface area contributed by atoms with Gasteiger partial charge in [-0.15, -0.1) is 12.4 Å². The number of nitrogens with zero attached hydrogens (tertiary/aromatic N) is 1. The van der Waals surface area contributed by atoms with Crippen LogP contribution in [0, 0.1) is 0 Å². The van der Waals surface area contributed by atoms with Gasteiger partial charge in [0.25, 0.3) is 0 Å². The van der Waals surface area contributed by atoms with Crippen LogP contribution in [-0.4, -0.2) is 18.2 Å². The molecule has 0 spiro atoms. The van der Waals surface area contributed by atoms with Crippen molar-refractivity contribution in [1.29, 1.82) is 0 Å². The molecule has 0 aliphatic heterocycles. The van der Waals surface area contributed by atoms with E-state index in [1.165, 1.54) is 0 Å². The van der Waals surface area contributed by atoms with E-state index in [0.717, 1.165) is 29.9 Å². The Morgan fingerprint density at radius 2 is 1.58 bits per heavy atom. The van der Waals surface area contributed by atoms with Crippen molar-refractivity contribution in [1.82, 2.24) is 0 Å². The lowest BCUT2D eigenvalue weighted by Crippen LogP contribution is -2.21. The molecule has 2 rings (SSSR count). The lowest BCUT2D eigenvalue weighted by molar-refractivity contribution is 0.477. The van der Waals surface area contributed by atoms with Gasteiger partial charge in [-0.3, -0.25) is 0 Å². The van der Waals surface area contributed by atoms with Gasteiger partial charge in [0.2, 0.25) is 0 Å². The first-order valence-corrected chi connectivity index (χ1v) is 6.39. The largest absolute Gasteiger partial charge is 0.507 e. The predicted molar refractivity (Wildman–Crippen MR) is 84.4 cm³/mol. The summed E-state index contributed by atoms with van der Waals surface area (Å²) in [6.45, 7) is 6.21. The van der Waals surface area contributed by atoms with E-state index >= 15 is 0 Å². The highest BCUT2D eigenvalue weighted by Crippen LogP contribution is 2.32. The van der Waals surface area contributed by atoms with Crippen molar-refractivity contribution in [2.75, 3.05) is 18.0 Å². The van der Waals surface area contributed by atoms with Gasteiger partial charge < -0.3 is 10.0 Å². The molecule has 0 bridgehead atoms. The molecule has 0 aliphatic carbocycles. The molecule has 0 fully saturated rings. The van der Waals surface area contributed by atoms with E-state index in [-0.39, 0.29) is 12.4 Å². The number of hydrogen-bond acceptors (Lipinski definition) is 2. The molecule has 0 heterocycles. The first-order valence-electron chi connectivity index (χ1n) is 6.39. The van der Waals surface area contributed by atoms with Crippen molar-refractivity contribution >= 4 is 18.1 Å². The van der Waals surface area contributed by atoms with Crippen molar-refractivity contribution in [2.24, 2.45) is 0 Å². The number of halogens is 1. The number of rotatable bonds is 4. The summed E-state index contributed by atoms with van der Waals surface area (Å²) >= 11 is 0. The smallest absolute Gasteiger partial charge is 0.123 e. The van der Waals surface area contributed by atoms with Crippen LogP contribution in [-0.2, 0) is 0 Å². The third kappa shape index (κ3) is 3.42. The summed E-state index contributed by atoms with van der Waals surface area (Å²) in [5, 5.41) is 10.00. The van der Waals surface area contributed by atoms with E-state index in [1.54, 1.807) is 6.07 Å². The monoisotopic (exact) mass is 277 g/mol. The lowest BCUT2D eigenvalue weighted by Gasteiger charge is -2.22. The molecule has 0 aromatic heterocycles. The van der Waals surface area contributed by atoms with Crippen LogP contribution < -0.4 is 4.90 Å². The Balaban J connectivity index is 0.00000180. The molecule has 0 amide bonds. The Hall–Kier alpha value is -1.67. The van der Waals surface area contributed by atoms with Crippen LogP contribution in [0.3, 0.4) is 0 Å². The molecule has 102 valence electrons. The lowest BCUT2D eigenvalue weighted by atomic mass is 10.0. The Morgan fingerprint density at radius 3 is 2.16 bits per heavy atom. The Bertz CT molecular complexity index is 509. The van der Waals surface area contributed by atoms with Crippen molar-refractivity contribution in [3.8, 4) is 16.9 Å². The molecular weight excluding hydrogens is 258 g/mol. The molecule has 0 unspecified atom stereocenters. The van der Waals surface area contributed by atoms with Crippen LogP contribution in [0.5, 0.6) is 5.75 Å². The maximum Gasteiger partial charge on any atom is 0.123 e. The molecule has 0 aliphatic rings. The topological polar surface area (TPSA) is 23.5 Å². The zero-order valence-electron chi connectivity index (χ0n) is 11.3. The van der Waals surface area contributed by atoms with Gasteiger partial charge in [-0.2, -0.15) is 0 Å². The van der Waals surface area contributed by atoms with Gasteiger partial charge in [0.15, 0.2) is 0 Å². The number of anilines is 1. The summed E-state index contributed by atoms with van der Waals surface area (Å²) in [6.07, 6.45) is 0. The summed E-state index contributed by atoms with van der Waals surface area (Å²) in [4.78, 5) is 2.27. The summed E-state index contributed by atoms with van der Waals surface area (Å²) in [5.41, 5.74) is 3.08. The number of hydrogen-bond donors (Lipinski definition) is 1. The third-order valence-corrected chi connectivity index (χ3v) is 3.19. The quantitative estimate of drug-likeness (QED) is 0.899. The van der Waals surface area contributed by atoms with E-state index in [4.69, 9.17) is 0 Å². The third-order valence-electron chi connectivity index (χ3n) is 3.19. The van der Waals surface area contributed by atoms with E-state index in [0.29, 0.717) is 5.75 Å². The van der Waals surface area contributed by atoms with E-state index in [2.05, 4.69) is 24.8 Å². The van der Waals surface area contributed by atoms with E-state index in [9.17, 15) is 5.11 Å². The second kappa shape index (κ2) is 7.05. The van der Waals surface area contributed by atoms with Crippen LogP contribution >= 0.6 is 12.4 Å². The molecule has 0 atom stereocenters. The Labute approximate surface area is 121 Å². The summed E-state index contributed by atoms with van der Waals surface area (Å²) < 4.78 is 0. The van der Waals surface area contributed by atoms with Crippen molar-refractivity contribution < 1.29 is 5.11 Å². The molecule has 19 heavy (non-hydrogen) atoms. The minimum atomic E-state index is 0. The van der Waals surface area contributed by atoms with E-state index < -0.39 is 0 Å². The highest BCUT2D eigenvalue weighted by molar-refractivity contribution is 5.85. The van der Waals surface area contributed by atoms with Gasteiger partial charge in [-0.25, -0.2) is 0 Å². The average molecular weight is 278 g/mol. The molecule has 0 saturated heterocycles. The Kier molecular flexibility index (Phi) is 5.71. The number of phenols is 1. The predicted octanol–water partition coefficient (Wildman–Crippen LogP) is 4.33. The summed E-state index contributed by atoms with van der Waals surface area (Å²) in [5.74, 6) is 0.331. The highest BCUT2D eigenvalue weighted by atomic mass is 35.5. The molecule has 2 nitrogen and oxygen atoms in total. The number of benzene rings is 2. The number of aromatic hydroxyl groups is 1. The van der Waals surface area contributed by atoms with Crippen LogP contribution in [0.25, 0.3) is 11.1 Å². The van der Waals surface area contributed by atoms with Gasteiger partial charge >= 0.3 is 0 Å². The van der Waals surface area contributed by atoms with Crippen LogP contribution in [0.4, 0.5) is 5.69 Å². The van der Waals surface area contributed by atoms with Crippen LogP contribution in [0.1, 0.15) is 13.8 Å². The average Bonchev–Trinajstić information content (AvgIpc) is 2.43. The molecule has 0 saturated carbocycles. The normalized spacial score (nSPS) is 9.79. The first kappa shape index (κ1) is 15.4. The van der Waals surface area contributed by atoms with Crippen molar-refractivity contribution in [2.45, 2.75) is 13.8 Å². The molecule has 3 heteroatoms. The zero-order valence-corrected chi connectivity index (χ0v) is 12.2. The van der Waals surface area contributed by atoms with Crippen LogP contribution in [0.15, 0.2) is 48.5 Å². The number of phenolic OH excluding ortho intramolecular Hbond substituents is 1. The maximum atomic E-state index is 10.00. The fraction of sp³-hybridized carbons (Fsp3) is 0.250. The summed E-state index contributed by atoms with van der Waals surface area (Å²) in [7, 11) is 0. The molecule has 2 aromatic rings. The fourth-order valence-electron chi connectivity index (χ4n) is 2.16. The van der Waals surface area contributed by atoms with Gasteiger partial charge in [-0.05, 0) is 37.6 Å². The van der Waals surface area contributed by atoms with Crippen molar-refractivity contribution in [3.63, 3.8) is 0 Å². The fourth-order valence-corrected chi connectivity index (χ4v) is 2.16. The van der Waals surface area contributed by atoms with Gasteiger partial charge in [0.1, 0.15) is 5.75 Å². The van der Waals surface area contributed by atoms with Crippen LogP contribution in [0.2, 0.25) is 0 Å². The maximum absolute atomic E-state index is 10.00. The minimum Gasteiger partial charge on any atom is -0.507 e. The standard InChI is InChI=1S/C16H19NO.ClH/c1-3-17(4-2)14-10-11-16(18)15(12-14)13-8-6-5-7-9-13;/h5-12,18H,3-4H2,1-2H3;1H. The Morgan fingerprint density at radius 1 is 0.947 bits per heavy atom. The minimum absolute atomic E-state index is 0. The molecule has 0 radical (unpaired) electrons. The SMILES string of the molecule is CCN(CC)c1ccc(O)c(-c2ccccc2)c1.Cl. The second-order valence-corrected chi connectivity index (χ2v) is 4.24. The van der Waals surface area contributed by atoms with Crippen molar-refractivity contribution in [3.05, 3.63) is 48.5 Å². The second-order valence-electron chi connectivity index (χ2n) is 4.24. The molecule has 2 aromatic carbocycles.